The van der Waals surface area contributed by atoms with Gasteiger partial charge in [0.2, 0.25) is 0 Å². The minimum atomic E-state index is -0.356. The Balaban J connectivity index is 1.97. The largest absolute Gasteiger partial charge is 0.382 e. The minimum Gasteiger partial charge on any atom is -0.382 e. The van der Waals surface area contributed by atoms with Crippen LogP contribution in [0.4, 0.5) is 10.1 Å². The van der Waals surface area contributed by atoms with Crippen molar-refractivity contribution in [3.63, 3.8) is 0 Å². The zero-order valence-corrected chi connectivity index (χ0v) is 10.2. The van der Waals surface area contributed by atoms with Crippen LogP contribution in [0.3, 0.4) is 0 Å². The van der Waals surface area contributed by atoms with Crippen molar-refractivity contribution in [2.75, 3.05) is 5.32 Å². The monoisotopic (exact) mass is 241 g/mol. The number of nitrogens with one attached hydrogen (secondary N) is 1. The van der Waals surface area contributed by atoms with Crippen LogP contribution >= 0.6 is 11.6 Å². The fourth-order valence-electron chi connectivity index (χ4n) is 2.40. The molecule has 0 spiro atoms. The average Bonchev–Trinajstić information content (AvgIpc) is 2.71. The molecule has 0 aliphatic heterocycles. The maximum absolute atomic E-state index is 13.0. The summed E-state index contributed by atoms with van der Waals surface area (Å²) in [5, 5.41) is 3.61. The Labute approximate surface area is 101 Å². The van der Waals surface area contributed by atoms with E-state index in [1.807, 2.05) is 0 Å². The second-order valence-corrected chi connectivity index (χ2v) is 4.96. The molecule has 2 rings (SSSR count). The van der Waals surface area contributed by atoms with Crippen LogP contribution in [0.5, 0.6) is 0 Å². The summed E-state index contributed by atoms with van der Waals surface area (Å²) in [6, 6.07) is 5.35. The van der Waals surface area contributed by atoms with E-state index in [1.165, 1.54) is 31.7 Å². The summed E-state index contributed by atoms with van der Waals surface area (Å²) in [5.74, 6) is 0.485. The van der Waals surface area contributed by atoms with E-state index in [0.717, 1.165) is 11.6 Å². The molecule has 16 heavy (non-hydrogen) atoms. The van der Waals surface area contributed by atoms with Gasteiger partial charge in [-0.1, -0.05) is 24.9 Å². The van der Waals surface area contributed by atoms with Crippen molar-refractivity contribution in [2.45, 2.75) is 38.6 Å². The first-order valence-corrected chi connectivity index (χ1v) is 6.28. The molecule has 0 bridgehead atoms. The molecule has 0 amide bonds. The average molecular weight is 242 g/mol. The Bertz CT molecular complexity index is 367. The van der Waals surface area contributed by atoms with Gasteiger partial charge in [-0.2, -0.15) is 0 Å². The minimum absolute atomic E-state index is 0.190. The number of anilines is 1. The van der Waals surface area contributed by atoms with Gasteiger partial charge in [0.05, 0.1) is 5.02 Å². The van der Waals surface area contributed by atoms with Gasteiger partial charge in [-0.25, -0.2) is 4.39 Å². The van der Waals surface area contributed by atoms with Crippen molar-refractivity contribution >= 4 is 17.3 Å². The van der Waals surface area contributed by atoms with E-state index in [4.69, 9.17) is 11.6 Å². The van der Waals surface area contributed by atoms with Crippen molar-refractivity contribution < 1.29 is 4.39 Å². The van der Waals surface area contributed by atoms with Gasteiger partial charge in [0, 0.05) is 11.7 Å². The molecule has 2 atom stereocenters. The smallest absolute Gasteiger partial charge is 0.141 e. The van der Waals surface area contributed by atoms with E-state index < -0.39 is 0 Å². The highest BCUT2D eigenvalue weighted by Crippen LogP contribution is 2.30. The standard InChI is InChI=1S/C13H17ClFN/c1-2-9-3-4-10(7-9)16-11-5-6-13(15)12(14)8-11/h5-6,8-10,16H,2-4,7H2,1H3. The lowest BCUT2D eigenvalue weighted by Crippen LogP contribution is -2.15. The van der Waals surface area contributed by atoms with Gasteiger partial charge < -0.3 is 5.32 Å². The van der Waals surface area contributed by atoms with Crippen LogP contribution in [0, 0.1) is 11.7 Å². The summed E-state index contributed by atoms with van der Waals surface area (Å²) in [7, 11) is 0. The van der Waals surface area contributed by atoms with Gasteiger partial charge >= 0.3 is 0 Å². The number of hydrogen-bond acceptors (Lipinski definition) is 1. The number of benzene rings is 1. The lowest BCUT2D eigenvalue weighted by Gasteiger charge is -2.14. The van der Waals surface area contributed by atoms with Crippen LogP contribution in [-0.4, -0.2) is 6.04 Å². The third-order valence-electron chi connectivity index (χ3n) is 3.41. The van der Waals surface area contributed by atoms with Gasteiger partial charge in [-0.05, 0) is 43.4 Å². The molecular formula is C13H17ClFN. The number of rotatable bonds is 3. The summed E-state index contributed by atoms with van der Waals surface area (Å²) in [6.07, 6.45) is 4.96. The lowest BCUT2D eigenvalue weighted by atomic mass is 10.1. The molecule has 1 aliphatic carbocycles. The fraction of sp³-hybridized carbons (Fsp3) is 0.538. The quantitative estimate of drug-likeness (QED) is 0.823. The highest BCUT2D eigenvalue weighted by Gasteiger charge is 2.23. The molecule has 1 aliphatic rings. The SMILES string of the molecule is CCC1CCC(Nc2ccc(F)c(Cl)c2)C1. The molecule has 1 fully saturated rings. The van der Waals surface area contributed by atoms with E-state index in [2.05, 4.69) is 12.2 Å². The molecule has 2 unspecified atom stereocenters. The van der Waals surface area contributed by atoms with Crippen molar-refractivity contribution in [1.82, 2.24) is 0 Å². The zero-order chi connectivity index (χ0) is 11.5. The summed E-state index contributed by atoms with van der Waals surface area (Å²) >= 11 is 5.74. The van der Waals surface area contributed by atoms with E-state index in [1.54, 1.807) is 12.1 Å². The molecule has 88 valence electrons. The molecule has 3 heteroatoms. The molecule has 1 aromatic rings. The normalized spacial score (nSPS) is 24.7. The summed E-state index contributed by atoms with van der Waals surface area (Å²) < 4.78 is 13.0. The lowest BCUT2D eigenvalue weighted by molar-refractivity contribution is 0.525. The van der Waals surface area contributed by atoms with E-state index in [0.29, 0.717) is 6.04 Å². The van der Waals surface area contributed by atoms with Crippen molar-refractivity contribution in [2.24, 2.45) is 5.92 Å². The summed E-state index contributed by atoms with van der Waals surface area (Å²) in [5.41, 5.74) is 0.924. The first-order chi connectivity index (χ1) is 7.69. The number of halogens is 2. The molecule has 0 saturated heterocycles. The van der Waals surface area contributed by atoms with E-state index >= 15 is 0 Å². The molecule has 1 saturated carbocycles. The van der Waals surface area contributed by atoms with Gasteiger partial charge in [-0.15, -0.1) is 0 Å². The molecule has 1 nitrogen and oxygen atoms in total. The number of hydrogen-bond donors (Lipinski definition) is 1. The molecule has 1 N–H and O–H groups in total. The van der Waals surface area contributed by atoms with Crippen LogP contribution in [-0.2, 0) is 0 Å². The molecule has 0 aromatic heterocycles. The summed E-state index contributed by atoms with van der Waals surface area (Å²) in [6.45, 7) is 2.24. The predicted octanol–water partition coefficient (Wildman–Crippen LogP) is 4.47. The third-order valence-corrected chi connectivity index (χ3v) is 3.70. The first-order valence-electron chi connectivity index (χ1n) is 5.90. The van der Waals surface area contributed by atoms with E-state index in [9.17, 15) is 4.39 Å². The van der Waals surface area contributed by atoms with Crippen LogP contribution in [0.2, 0.25) is 5.02 Å². The Morgan fingerprint density at radius 2 is 2.25 bits per heavy atom. The van der Waals surface area contributed by atoms with Crippen molar-refractivity contribution in [3.05, 3.63) is 29.0 Å². The maximum atomic E-state index is 13.0. The van der Waals surface area contributed by atoms with Gasteiger partial charge in [0.25, 0.3) is 0 Å². The Morgan fingerprint density at radius 1 is 1.44 bits per heavy atom. The fourth-order valence-corrected chi connectivity index (χ4v) is 2.58. The third kappa shape index (κ3) is 2.67. The van der Waals surface area contributed by atoms with Gasteiger partial charge in [0.1, 0.15) is 5.82 Å². The Kier molecular flexibility index (Phi) is 3.70. The highest BCUT2D eigenvalue weighted by molar-refractivity contribution is 6.31. The predicted molar refractivity (Wildman–Crippen MR) is 66.5 cm³/mol. The van der Waals surface area contributed by atoms with Crippen molar-refractivity contribution in [3.8, 4) is 0 Å². The highest BCUT2D eigenvalue weighted by atomic mass is 35.5. The van der Waals surface area contributed by atoms with Gasteiger partial charge in [-0.3, -0.25) is 0 Å². The molecule has 0 radical (unpaired) electrons. The van der Waals surface area contributed by atoms with Crippen molar-refractivity contribution in [1.29, 1.82) is 0 Å². The zero-order valence-electron chi connectivity index (χ0n) is 9.47. The van der Waals surface area contributed by atoms with E-state index in [-0.39, 0.29) is 10.8 Å². The van der Waals surface area contributed by atoms with Crippen LogP contribution < -0.4 is 5.32 Å². The van der Waals surface area contributed by atoms with Crippen LogP contribution in [0.25, 0.3) is 0 Å². The Hall–Kier alpha value is -0.760. The van der Waals surface area contributed by atoms with Gasteiger partial charge in [0.15, 0.2) is 0 Å². The molecule has 1 aromatic carbocycles. The van der Waals surface area contributed by atoms with Crippen LogP contribution in [0.1, 0.15) is 32.6 Å². The second kappa shape index (κ2) is 5.05. The topological polar surface area (TPSA) is 12.0 Å². The molecule has 0 heterocycles. The maximum Gasteiger partial charge on any atom is 0.141 e. The van der Waals surface area contributed by atoms with Crippen LogP contribution in [0.15, 0.2) is 18.2 Å². The molecular weight excluding hydrogens is 225 g/mol. The Morgan fingerprint density at radius 3 is 2.88 bits per heavy atom. The second-order valence-electron chi connectivity index (χ2n) is 4.56. The first kappa shape index (κ1) is 11.7. The summed E-state index contributed by atoms with van der Waals surface area (Å²) in [4.78, 5) is 0.